The molecule has 15 heteroatoms. The van der Waals surface area contributed by atoms with Crippen LogP contribution in [0.1, 0.15) is 37.4 Å². The molecular weight excluding hydrogens is 1060 g/mol. The third kappa shape index (κ3) is 12.0. The van der Waals surface area contributed by atoms with Crippen LogP contribution in [0.3, 0.4) is 0 Å². The summed E-state index contributed by atoms with van der Waals surface area (Å²) in [5, 5.41) is 81.0. The Balaban J connectivity index is 0.668. The Bertz CT molecular complexity index is 4800. The Morgan fingerprint density at radius 3 is 1.24 bits per heavy atom. The smallest absolute Gasteiger partial charge is 0.259 e. The van der Waals surface area contributed by atoms with Crippen LogP contribution in [0.5, 0.6) is 11.5 Å². The summed E-state index contributed by atoms with van der Waals surface area (Å²) in [4.78, 5) is 27.1. The minimum Gasteiger partial charge on any atom is -0.505 e. The number of allylic oxidation sites excluding steroid dienone is 1. The fourth-order valence-electron chi connectivity index (χ4n) is 9.66. The minimum atomic E-state index is -0.481. The second kappa shape index (κ2) is 23.9. The number of amides is 2. The maximum atomic E-state index is 13.6. The van der Waals surface area contributed by atoms with Gasteiger partial charge in [0.2, 0.25) is 0 Å². The average Bonchev–Trinajstić information content (AvgIpc) is 3.67. The van der Waals surface area contributed by atoms with Crippen molar-refractivity contribution in [1.82, 2.24) is 0 Å². The Kier molecular flexibility index (Phi) is 15.0. The van der Waals surface area contributed by atoms with Crippen LogP contribution >= 0.6 is 0 Å². The minimum absolute atomic E-state index is 0.0661. The number of nitriles is 1. The van der Waals surface area contributed by atoms with Gasteiger partial charge in [0.05, 0.1) is 56.9 Å². The van der Waals surface area contributed by atoms with Gasteiger partial charge in [0.25, 0.3) is 11.8 Å². The number of benzene rings is 12. The number of carbonyl (C=O) groups is 2. The molecule has 12 aromatic carbocycles. The number of nitrogens with zero attached hydrogens (tertiary/aromatic N) is 9. The Morgan fingerprint density at radius 2 is 0.800 bits per heavy atom. The molecule has 4 N–H and O–H groups in total. The lowest BCUT2D eigenvalue weighted by Crippen LogP contribution is -2.12. The van der Waals surface area contributed by atoms with Crippen LogP contribution in [-0.2, 0) is 0 Å². The lowest BCUT2D eigenvalue weighted by molar-refractivity contribution is 0.101. The molecule has 0 atom stereocenters. The Morgan fingerprint density at radius 1 is 0.412 bits per heavy atom. The van der Waals surface area contributed by atoms with Crippen LogP contribution in [0.25, 0.3) is 54.7 Å². The van der Waals surface area contributed by atoms with Crippen molar-refractivity contribution < 1.29 is 19.8 Å². The molecule has 0 aromatic heterocycles. The number of aromatic hydroxyl groups is 2. The third-order valence-corrected chi connectivity index (χ3v) is 14.1. The number of nitrogens with one attached hydrogen (secondary N) is 2. The summed E-state index contributed by atoms with van der Waals surface area (Å²) < 4.78 is 0. The molecule has 0 radical (unpaired) electrons. The van der Waals surface area contributed by atoms with Gasteiger partial charge >= 0.3 is 0 Å². The van der Waals surface area contributed by atoms with E-state index in [0.29, 0.717) is 72.8 Å². The summed E-state index contributed by atoms with van der Waals surface area (Å²) in [5.41, 5.74) is 7.84. The van der Waals surface area contributed by atoms with Gasteiger partial charge < -0.3 is 20.8 Å². The van der Waals surface area contributed by atoms with Gasteiger partial charge in [-0.3, -0.25) is 9.59 Å². The van der Waals surface area contributed by atoms with E-state index in [1.165, 1.54) is 0 Å². The van der Waals surface area contributed by atoms with Crippen LogP contribution < -0.4 is 10.6 Å². The molecule has 0 aliphatic carbocycles. The number of carbonyl (C=O) groups excluding carboxylic acids is 2. The highest BCUT2D eigenvalue weighted by atomic mass is 16.3. The number of hydrogen-bond acceptors (Lipinski definition) is 13. The van der Waals surface area contributed by atoms with E-state index in [-0.39, 0.29) is 34.0 Å². The summed E-state index contributed by atoms with van der Waals surface area (Å²) in [6, 6.07) is 74.0. The summed E-state index contributed by atoms with van der Waals surface area (Å²) in [5.74, 6) is -1.53. The highest BCUT2D eigenvalue weighted by Gasteiger charge is 2.21. The van der Waals surface area contributed by atoms with Crippen LogP contribution in [0.2, 0.25) is 0 Å². The highest BCUT2D eigenvalue weighted by molar-refractivity contribution is 6.13. The lowest BCUT2D eigenvalue weighted by Gasteiger charge is -2.11. The zero-order valence-corrected chi connectivity index (χ0v) is 45.3. The first-order chi connectivity index (χ1) is 41.6. The second-order valence-electron chi connectivity index (χ2n) is 19.8. The molecule has 0 aliphatic heterocycles. The Labute approximate surface area is 486 Å². The molecule has 0 spiro atoms. The predicted octanol–water partition coefficient (Wildman–Crippen LogP) is 20.2. The lowest BCUT2D eigenvalue weighted by atomic mass is 10.0. The first-order valence-corrected chi connectivity index (χ1v) is 26.9. The molecule has 0 fully saturated rings. The van der Waals surface area contributed by atoms with Crippen molar-refractivity contribution in [3.05, 3.63) is 264 Å². The number of azo groups is 4. The van der Waals surface area contributed by atoms with Gasteiger partial charge in [-0.05, 0) is 171 Å². The Hall–Kier alpha value is -12.2. The first kappa shape index (κ1) is 53.5. The normalized spacial score (nSPS) is 11.9. The summed E-state index contributed by atoms with van der Waals surface area (Å²) in [6.07, 6.45) is 1.81. The fourth-order valence-corrected chi connectivity index (χ4v) is 9.66. The van der Waals surface area contributed by atoms with E-state index in [4.69, 9.17) is 0 Å². The van der Waals surface area contributed by atoms with Crippen LogP contribution in [-0.4, -0.2) is 22.0 Å². The zero-order valence-electron chi connectivity index (χ0n) is 45.3. The monoisotopic (exact) mass is 1110 g/mol. The van der Waals surface area contributed by atoms with Crippen molar-refractivity contribution in [2.24, 2.45) is 40.9 Å². The van der Waals surface area contributed by atoms with Crippen LogP contribution in [0.4, 0.5) is 56.9 Å². The van der Waals surface area contributed by atoms with Gasteiger partial charge in [-0.15, -0.1) is 10.2 Å². The summed E-state index contributed by atoms with van der Waals surface area (Å²) >= 11 is 0. The van der Waals surface area contributed by atoms with Crippen molar-refractivity contribution in [3.8, 4) is 17.6 Å². The number of aryl methyl sites for hydroxylation is 1. The molecule has 406 valence electrons. The van der Waals surface area contributed by atoms with Crippen molar-refractivity contribution in [1.29, 1.82) is 5.26 Å². The van der Waals surface area contributed by atoms with Gasteiger partial charge in [0.1, 0.15) is 11.4 Å². The molecule has 0 saturated carbocycles. The molecule has 0 heterocycles. The average molecular weight is 1110 g/mol. The molecule has 0 saturated heterocycles. The van der Waals surface area contributed by atoms with Crippen molar-refractivity contribution in [3.63, 3.8) is 0 Å². The molecule has 0 aliphatic rings. The largest absolute Gasteiger partial charge is 0.505 e. The number of anilines is 2. The number of phenols is 2. The van der Waals surface area contributed by atoms with E-state index in [2.05, 4.69) is 57.6 Å². The number of hydrogen-bond donors (Lipinski definition) is 4. The van der Waals surface area contributed by atoms with E-state index in [1.807, 2.05) is 171 Å². The molecule has 12 rings (SSSR count). The predicted molar refractivity (Wildman–Crippen MR) is 336 cm³/mol. The molecule has 12 aromatic rings. The topological polar surface area (TPSA) is 221 Å². The number of rotatable bonds is 14. The summed E-state index contributed by atoms with van der Waals surface area (Å²) in [7, 11) is 0. The van der Waals surface area contributed by atoms with Crippen LogP contribution in [0, 0.1) is 18.3 Å². The van der Waals surface area contributed by atoms with E-state index in [0.717, 1.165) is 38.1 Å². The van der Waals surface area contributed by atoms with E-state index >= 15 is 0 Å². The molecule has 2 amide bonds. The van der Waals surface area contributed by atoms with Crippen molar-refractivity contribution >= 4 is 123 Å². The van der Waals surface area contributed by atoms with Crippen LogP contribution in [0.15, 0.2) is 278 Å². The molecular formula is C70H47N11O4. The van der Waals surface area contributed by atoms with Gasteiger partial charge in [-0.1, -0.05) is 127 Å². The zero-order chi connectivity index (χ0) is 58.2. The SMILES string of the molecule is Cc1cc(C=C(C#N)c2ccc(N=Nc3ccc(N=Nc4c(O)c(C(=O)Nc5ccc6ccccc6c5)cc5ccccc45)cc3)cc2)ccc1N=Nc1ccc(N=Nc2c(O)c(C(=O)Nc3ccc4ccccc4c3)cc3ccccc23)cc1. The number of phenolic OH excluding ortho intramolecular Hbond substituents is 2. The van der Waals surface area contributed by atoms with E-state index in [1.54, 1.807) is 78.9 Å². The van der Waals surface area contributed by atoms with Gasteiger partial charge in [0.15, 0.2) is 11.5 Å². The van der Waals surface area contributed by atoms with Gasteiger partial charge in [-0.25, -0.2) is 0 Å². The first-order valence-electron chi connectivity index (χ1n) is 26.9. The maximum Gasteiger partial charge on any atom is 0.259 e. The van der Waals surface area contributed by atoms with E-state index in [9.17, 15) is 25.1 Å². The fraction of sp³-hybridized carbons (Fsp3) is 0.0143. The standard InChI is InChI=1S/C70H47N11O4/c1-43-36-44(18-35-64(43)79-76-55-29-33-57(34-30-55)78-81-66-61-17-9-7-15-51(61)41-63(68(66)83)70(85)73-59-26-22-46-11-3-5-13-49(46)39-59)37-52(42-71)47-19-23-53(24-20-47)74-75-54-27-31-56(32-28-54)77-80-65-60-16-8-6-14-50(60)40-62(67(65)82)69(84)72-58-25-21-45-10-2-4-12-48(45)38-58/h2-41,82-83H,1H3,(H,72,84)(H,73,85). The maximum absolute atomic E-state index is 13.6. The second-order valence-corrected chi connectivity index (χ2v) is 19.8. The van der Waals surface area contributed by atoms with Crippen molar-refractivity contribution in [2.45, 2.75) is 6.92 Å². The van der Waals surface area contributed by atoms with Gasteiger partial charge in [-0.2, -0.15) is 35.9 Å². The van der Waals surface area contributed by atoms with E-state index < -0.39 is 11.8 Å². The number of fused-ring (bicyclic) bond motifs is 4. The summed E-state index contributed by atoms with van der Waals surface area (Å²) in [6.45, 7) is 1.92. The molecule has 0 bridgehead atoms. The molecule has 0 unspecified atom stereocenters. The molecule has 15 nitrogen and oxygen atoms in total. The van der Waals surface area contributed by atoms with Gasteiger partial charge in [0, 0.05) is 22.1 Å². The molecule has 85 heavy (non-hydrogen) atoms. The third-order valence-electron chi connectivity index (χ3n) is 14.1. The van der Waals surface area contributed by atoms with Crippen molar-refractivity contribution in [2.75, 3.05) is 10.6 Å². The highest BCUT2D eigenvalue weighted by Crippen LogP contribution is 2.42. The quantitative estimate of drug-likeness (QED) is 0.0473.